The molecule has 0 aliphatic heterocycles. The second-order valence-corrected chi connectivity index (χ2v) is 3.09. The summed E-state index contributed by atoms with van der Waals surface area (Å²) < 4.78 is 2.68. The van der Waals surface area contributed by atoms with E-state index < -0.39 is 0 Å². The van der Waals surface area contributed by atoms with Crippen LogP contribution in [0.5, 0.6) is 0 Å². The molecule has 0 aliphatic carbocycles. The molecule has 56 valence electrons. The van der Waals surface area contributed by atoms with Crippen LogP contribution >= 0.6 is 15.9 Å². The van der Waals surface area contributed by atoms with Crippen molar-refractivity contribution in [3.63, 3.8) is 0 Å². The summed E-state index contributed by atoms with van der Waals surface area (Å²) in [5.41, 5.74) is 6.96. The zero-order valence-corrected chi connectivity index (χ0v) is 7.12. The number of nitrogen functional groups attached to an aromatic ring is 1. The molecule has 0 radical (unpaired) electrons. The van der Waals surface area contributed by atoms with Crippen molar-refractivity contribution >= 4 is 27.3 Å². The predicted molar refractivity (Wildman–Crippen MR) is 45.1 cm³/mol. The zero-order valence-electron chi connectivity index (χ0n) is 5.53. The summed E-state index contributed by atoms with van der Waals surface area (Å²) in [4.78, 5) is 0. The molecule has 0 spiro atoms. The van der Waals surface area contributed by atoms with Crippen molar-refractivity contribution in [2.75, 3.05) is 5.73 Å². The molecule has 0 aromatic carbocycles. The lowest BCUT2D eigenvalue weighted by Gasteiger charge is -1.96. The van der Waals surface area contributed by atoms with E-state index in [1.54, 1.807) is 16.8 Å². The van der Waals surface area contributed by atoms with E-state index in [0.717, 1.165) is 4.47 Å². The summed E-state index contributed by atoms with van der Waals surface area (Å²) in [6.07, 6.45) is 3.46. The number of hydrogen-bond donors (Lipinski definition) is 1. The molecule has 5 heteroatoms. The molecule has 0 aliphatic rings. The second-order valence-electron chi connectivity index (χ2n) is 2.18. The third-order valence-electron chi connectivity index (χ3n) is 1.39. The van der Waals surface area contributed by atoms with Gasteiger partial charge in [0.05, 0.1) is 5.69 Å². The molecule has 0 saturated carbocycles. The van der Waals surface area contributed by atoms with Crippen molar-refractivity contribution in [3.05, 3.63) is 23.1 Å². The maximum absolute atomic E-state index is 5.65. The normalized spacial score (nSPS) is 10.6. The molecule has 0 saturated heterocycles. The summed E-state index contributed by atoms with van der Waals surface area (Å²) in [6, 6.07) is 1.80. The number of rotatable bonds is 0. The van der Waals surface area contributed by atoms with Crippen LogP contribution in [0.1, 0.15) is 0 Å². The standard InChI is InChI=1S/C6H5BrN4/c7-4-1-5(8)6-10-9-3-11(6)2-4/h1-3H,8H2. The number of nitrogens with zero attached hydrogens (tertiary/aromatic N) is 3. The summed E-state index contributed by atoms with van der Waals surface area (Å²) in [5.74, 6) is 0. The van der Waals surface area contributed by atoms with Gasteiger partial charge in [0.2, 0.25) is 0 Å². The highest BCUT2D eigenvalue weighted by molar-refractivity contribution is 9.10. The van der Waals surface area contributed by atoms with Crippen molar-refractivity contribution in [2.45, 2.75) is 0 Å². The lowest BCUT2D eigenvalue weighted by molar-refractivity contribution is 1.10. The largest absolute Gasteiger partial charge is 0.396 e. The average Bonchev–Trinajstić information content (AvgIpc) is 2.34. The maximum Gasteiger partial charge on any atom is 0.183 e. The molecule has 0 atom stereocenters. The number of hydrogen-bond acceptors (Lipinski definition) is 3. The minimum Gasteiger partial charge on any atom is -0.396 e. The minimum atomic E-state index is 0.622. The molecule has 0 bridgehead atoms. The van der Waals surface area contributed by atoms with Crippen LogP contribution in [0.2, 0.25) is 0 Å². The SMILES string of the molecule is Nc1cc(Br)cn2cnnc12. The van der Waals surface area contributed by atoms with E-state index in [0.29, 0.717) is 11.3 Å². The Kier molecular flexibility index (Phi) is 1.32. The molecule has 2 rings (SSSR count). The third kappa shape index (κ3) is 0.970. The Hall–Kier alpha value is -1.10. The van der Waals surface area contributed by atoms with Gasteiger partial charge in [-0.1, -0.05) is 0 Å². The van der Waals surface area contributed by atoms with Gasteiger partial charge in [0.15, 0.2) is 5.65 Å². The average molecular weight is 213 g/mol. The first kappa shape index (κ1) is 6.60. The Labute approximate surface area is 71.2 Å². The van der Waals surface area contributed by atoms with Gasteiger partial charge in [-0.2, -0.15) is 0 Å². The van der Waals surface area contributed by atoms with E-state index in [1.807, 2.05) is 6.20 Å². The first-order valence-electron chi connectivity index (χ1n) is 3.02. The second kappa shape index (κ2) is 2.20. The maximum atomic E-state index is 5.65. The van der Waals surface area contributed by atoms with Crippen LogP contribution in [0.4, 0.5) is 5.69 Å². The fraction of sp³-hybridized carbons (Fsp3) is 0. The molecule has 11 heavy (non-hydrogen) atoms. The highest BCUT2D eigenvalue weighted by atomic mass is 79.9. The first-order valence-corrected chi connectivity index (χ1v) is 3.81. The Bertz CT molecular complexity index is 394. The number of pyridine rings is 1. The summed E-state index contributed by atoms with van der Waals surface area (Å²) in [5, 5.41) is 7.54. The predicted octanol–water partition coefficient (Wildman–Crippen LogP) is 1.07. The van der Waals surface area contributed by atoms with Crippen LogP contribution in [0, 0.1) is 0 Å². The molecule has 2 heterocycles. The Morgan fingerprint density at radius 1 is 1.55 bits per heavy atom. The number of fused-ring (bicyclic) bond motifs is 1. The van der Waals surface area contributed by atoms with Gasteiger partial charge in [-0.25, -0.2) is 0 Å². The molecule has 0 unspecified atom stereocenters. The molecule has 4 nitrogen and oxygen atoms in total. The van der Waals surface area contributed by atoms with Gasteiger partial charge in [0.25, 0.3) is 0 Å². The molecule has 2 aromatic heterocycles. The number of anilines is 1. The Morgan fingerprint density at radius 2 is 2.36 bits per heavy atom. The van der Waals surface area contributed by atoms with Crippen molar-refractivity contribution in [3.8, 4) is 0 Å². The number of halogens is 1. The summed E-state index contributed by atoms with van der Waals surface area (Å²) in [7, 11) is 0. The molecule has 2 aromatic rings. The smallest absolute Gasteiger partial charge is 0.183 e. The highest BCUT2D eigenvalue weighted by Crippen LogP contribution is 2.16. The van der Waals surface area contributed by atoms with Crippen molar-refractivity contribution in [1.29, 1.82) is 0 Å². The van der Waals surface area contributed by atoms with Gasteiger partial charge in [-0.15, -0.1) is 10.2 Å². The van der Waals surface area contributed by atoms with E-state index in [2.05, 4.69) is 26.1 Å². The Morgan fingerprint density at radius 3 is 3.18 bits per heavy atom. The van der Waals surface area contributed by atoms with E-state index in [9.17, 15) is 0 Å². The number of aromatic nitrogens is 3. The van der Waals surface area contributed by atoms with Crippen LogP contribution in [0.15, 0.2) is 23.1 Å². The fourth-order valence-corrected chi connectivity index (χ4v) is 1.39. The molecular weight excluding hydrogens is 208 g/mol. The van der Waals surface area contributed by atoms with Crippen LogP contribution in [-0.2, 0) is 0 Å². The quantitative estimate of drug-likeness (QED) is 0.712. The lowest BCUT2D eigenvalue weighted by atomic mass is 10.4. The monoisotopic (exact) mass is 212 g/mol. The topological polar surface area (TPSA) is 56.2 Å². The summed E-state index contributed by atoms with van der Waals surface area (Å²) in [6.45, 7) is 0. The highest BCUT2D eigenvalue weighted by Gasteiger charge is 2.00. The van der Waals surface area contributed by atoms with Gasteiger partial charge < -0.3 is 5.73 Å². The lowest BCUT2D eigenvalue weighted by Crippen LogP contribution is -1.91. The molecule has 2 N–H and O–H groups in total. The van der Waals surface area contributed by atoms with Crippen LogP contribution < -0.4 is 5.73 Å². The molecule has 0 amide bonds. The van der Waals surface area contributed by atoms with E-state index in [4.69, 9.17) is 5.73 Å². The van der Waals surface area contributed by atoms with Gasteiger partial charge >= 0.3 is 0 Å². The third-order valence-corrected chi connectivity index (χ3v) is 1.82. The molecular formula is C6H5BrN4. The fourth-order valence-electron chi connectivity index (χ4n) is 0.927. The van der Waals surface area contributed by atoms with Gasteiger partial charge in [0, 0.05) is 10.7 Å². The van der Waals surface area contributed by atoms with E-state index >= 15 is 0 Å². The van der Waals surface area contributed by atoms with Crippen LogP contribution in [0.3, 0.4) is 0 Å². The van der Waals surface area contributed by atoms with Gasteiger partial charge in [-0.05, 0) is 22.0 Å². The van der Waals surface area contributed by atoms with Crippen molar-refractivity contribution < 1.29 is 0 Å². The van der Waals surface area contributed by atoms with Crippen LogP contribution in [0.25, 0.3) is 5.65 Å². The first-order chi connectivity index (χ1) is 5.27. The van der Waals surface area contributed by atoms with Crippen LogP contribution in [-0.4, -0.2) is 14.6 Å². The van der Waals surface area contributed by atoms with E-state index in [1.165, 1.54) is 0 Å². The van der Waals surface area contributed by atoms with Crippen molar-refractivity contribution in [2.24, 2.45) is 0 Å². The van der Waals surface area contributed by atoms with Gasteiger partial charge in [0.1, 0.15) is 6.33 Å². The minimum absolute atomic E-state index is 0.622. The summed E-state index contributed by atoms with van der Waals surface area (Å²) >= 11 is 3.31. The number of nitrogens with two attached hydrogens (primary N) is 1. The molecule has 0 fully saturated rings. The zero-order chi connectivity index (χ0) is 7.84. The van der Waals surface area contributed by atoms with E-state index in [-0.39, 0.29) is 0 Å². The Balaban J connectivity index is 2.91. The van der Waals surface area contributed by atoms with Crippen molar-refractivity contribution in [1.82, 2.24) is 14.6 Å². The van der Waals surface area contributed by atoms with Gasteiger partial charge in [-0.3, -0.25) is 4.40 Å².